The van der Waals surface area contributed by atoms with Gasteiger partial charge in [-0.1, -0.05) is 34.1 Å². The standard InChI is InChI=1S/C26H27BrF2N4O4S/c1-2-37-25(36)21-18(13-33-15-9-14(11-20(34)35)10-19(33)26(28,29)12-15)31-23(24-30-7-8-38-24)32-22(21)16-5-3-4-6-17(16)27/h3-8,14-15,19,22H,2,9-13H2,1H3,(H,31,32)(H,34,35)/t14-,15+,19+,22-/m0/s1. The smallest absolute Gasteiger partial charge is 0.338 e. The van der Waals surface area contributed by atoms with Crippen molar-refractivity contribution < 1.29 is 28.2 Å². The quantitative estimate of drug-likeness (QED) is 0.416. The molecule has 202 valence electrons. The number of carbonyl (C=O) groups is 2. The lowest BCUT2D eigenvalue weighted by molar-refractivity contribution is -0.140. The molecule has 0 amide bonds. The number of carboxylic acid groups (broad SMARTS) is 1. The number of aliphatic imine (C=N–C) groups is 1. The number of ether oxygens (including phenoxy) is 1. The highest BCUT2D eigenvalue weighted by atomic mass is 79.9. The largest absolute Gasteiger partial charge is 0.481 e. The molecule has 38 heavy (non-hydrogen) atoms. The van der Waals surface area contributed by atoms with Crippen molar-refractivity contribution in [1.82, 2.24) is 15.2 Å². The molecule has 4 atom stereocenters. The first-order valence-corrected chi connectivity index (χ1v) is 14.1. The summed E-state index contributed by atoms with van der Waals surface area (Å²) in [5.74, 6) is -4.37. The number of halogens is 3. The zero-order chi connectivity index (χ0) is 27.0. The van der Waals surface area contributed by atoms with Crippen LogP contribution in [0.4, 0.5) is 8.78 Å². The number of nitrogens with one attached hydrogen (secondary N) is 1. The van der Waals surface area contributed by atoms with E-state index in [0.717, 1.165) is 10.0 Å². The molecular weight excluding hydrogens is 582 g/mol. The van der Waals surface area contributed by atoms with Gasteiger partial charge < -0.3 is 15.2 Å². The maximum Gasteiger partial charge on any atom is 0.338 e. The molecule has 1 aromatic heterocycles. The van der Waals surface area contributed by atoms with Crippen LogP contribution in [-0.2, 0) is 14.3 Å². The third-order valence-corrected chi connectivity index (χ3v) is 8.79. The van der Waals surface area contributed by atoms with Crippen LogP contribution < -0.4 is 5.32 Å². The summed E-state index contributed by atoms with van der Waals surface area (Å²) >= 11 is 4.94. The Morgan fingerprint density at radius 1 is 1.32 bits per heavy atom. The SMILES string of the molecule is CCOC(=O)C1=C(CN2[C@@H]3C[C@H](CC(=O)O)C[C@@H]2C(F)(F)C3)NC(c2nccs2)=N[C@H]1c1ccccc1Br. The zero-order valence-electron chi connectivity index (χ0n) is 20.6. The molecule has 0 radical (unpaired) electrons. The monoisotopic (exact) mass is 608 g/mol. The molecule has 2 fully saturated rings. The summed E-state index contributed by atoms with van der Waals surface area (Å²) in [6.07, 6.45) is 1.63. The highest BCUT2D eigenvalue weighted by Crippen LogP contribution is 2.49. The molecule has 0 unspecified atom stereocenters. The van der Waals surface area contributed by atoms with E-state index < -0.39 is 36.0 Å². The predicted molar refractivity (Wildman–Crippen MR) is 141 cm³/mol. The molecule has 3 aliphatic heterocycles. The van der Waals surface area contributed by atoms with E-state index >= 15 is 8.78 Å². The summed E-state index contributed by atoms with van der Waals surface area (Å²) in [7, 11) is 0. The summed E-state index contributed by atoms with van der Waals surface area (Å²) in [6, 6.07) is 5.04. The first-order valence-electron chi connectivity index (χ1n) is 12.4. The lowest BCUT2D eigenvalue weighted by atomic mass is 9.87. The van der Waals surface area contributed by atoms with Gasteiger partial charge in [0.1, 0.15) is 6.04 Å². The molecule has 0 spiro atoms. The van der Waals surface area contributed by atoms with Gasteiger partial charge >= 0.3 is 11.9 Å². The minimum atomic E-state index is -2.95. The number of hydrogen-bond acceptors (Lipinski definition) is 8. The predicted octanol–water partition coefficient (Wildman–Crippen LogP) is 4.78. The van der Waals surface area contributed by atoms with Crippen molar-refractivity contribution in [2.45, 2.75) is 56.7 Å². The lowest BCUT2D eigenvalue weighted by Gasteiger charge is -2.40. The van der Waals surface area contributed by atoms with E-state index in [1.807, 2.05) is 29.6 Å². The van der Waals surface area contributed by atoms with E-state index in [0.29, 0.717) is 23.0 Å². The van der Waals surface area contributed by atoms with Crippen molar-refractivity contribution in [3.05, 3.63) is 62.2 Å². The van der Waals surface area contributed by atoms with Crippen LogP contribution in [0.25, 0.3) is 0 Å². The number of thiazole rings is 1. The maximum atomic E-state index is 15.1. The molecule has 0 aliphatic carbocycles. The summed E-state index contributed by atoms with van der Waals surface area (Å²) < 4.78 is 36.4. The molecule has 12 heteroatoms. The number of alkyl halides is 2. The molecule has 2 saturated heterocycles. The number of nitrogens with zero attached hydrogens (tertiary/aromatic N) is 3. The van der Waals surface area contributed by atoms with Gasteiger partial charge in [-0.05, 0) is 37.3 Å². The Balaban J connectivity index is 1.57. The van der Waals surface area contributed by atoms with Crippen molar-refractivity contribution in [1.29, 1.82) is 0 Å². The normalized spacial score (nSPS) is 26.6. The van der Waals surface area contributed by atoms with E-state index in [2.05, 4.69) is 26.2 Å². The van der Waals surface area contributed by atoms with Crippen molar-refractivity contribution in [3.63, 3.8) is 0 Å². The minimum Gasteiger partial charge on any atom is -0.481 e. The second-order valence-electron chi connectivity index (χ2n) is 9.72. The molecule has 3 aliphatic rings. The van der Waals surface area contributed by atoms with Gasteiger partial charge in [0, 0.05) is 47.2 Å². The van der Waals surface area contributed by atoms with Gasteiger partial charge in [-0.3, -0.25) is 14.7 Å². The number of aliphatic carboxylic acids is 1. The molecule has 1 aromatic carbocycles. The number of hydrogen-bond donors (Lipinski definition) is 2. The van der Waals surface area contributed by atoms with Crippen molar-refractivity contribution >= 4 is 45.0 Å². The average Bonchev–Trinajstić information content (AvgIpc) is 3.43. The Morgan fingerprint density at radius 2 is 2.11 bits per heavy atom. The van der Waals surface area contributed by atoms with Gasteiger partial charge in [0.05, 0.1) is 18.2 Å². The number of carboxylic acids is 1. The molecule has 4 heterocycles. The van der Waals surface area contributed by atoms with Gasteiger partial charge in [-0.25, -0.2) is 18.6 Å². The molecule has 0 saturated carbocycles. The number of amidine groups is 1. The third-order valence-electron chi connectivity index (χ3n) is 7.29. The van der Waals surface area contributed by atoms with Crippen molar-refractivity contribution in [2.75, 3.05) is 13.2 Å². The first-order chi connectivity index (χ1) is 18.2. The number of benzene rings is 1. The van der Waals surface area contributed by atoms with Crippen LogP contribution in [-0.4, -0.2) is 63.9 Å². The summed E-state index contributed by atoms with van der Waals surface area (Å²) in [5.41, 5.74) is 1.43. The molecule has 2 N–H and O–H groups in total. The molecule has 5 rings (SSSR count). The minimum absolute atomic E-state index is 0.0458. The topological polar surface area (TPSA) is 104 Å². The number of rotatable bonds is 8. The van der Waals surface area contributed by atoms with Gasteiger partial charge in [0.25, 0.3) is 5.92 Å². The molecule has 8 nitrogen and oxygen atoms in total. The van der Waals surface area contributed by atoms with Gasteiger partial charge in [-0.2, -0.15) is 0 Å². The summed E-state index contributed by atoms with van der Waals surface area (Å²) in [4.78, 5) is 35.6. The van der Waals surface area contributed by atoms with Crippen LogP contribution in [0.5, 0.6) is 0 Å². The van der Waals surface area contributed by atoms with E-state index in [4.69, 9.17) is 9.73 Å². The zero-order valence-corrected chi connectivity index (χ0v) is 23.0. The van der Waals surface area contributed by atoms with Crippen LogP contribution in [0.3, 0.4) is 0 Å². The molecule has 2 aromatic rings. The second kappa shape index (κ2) is 10.8. The van der Waals surface area contributed by atoms with Crippen LogP contribution in [0.15, 0.2) is 56.6 Å². The fourth-order valence-corrected chi connectivity index (χ4v) is 6.85. The third kappa shape index (κ3) is 5.26. The van der Waals surface area contributed by atoms with E-state index in [1.54, 1.807) is 18.0 Å². The van der Waals surface area contributed by atoms with Crippen LogP contribution in [0.1, 0.15) is 49.2 Å². The highest BCUT2D eigenvalue weighted by molar-refractivity contribution is 9.10. The summed E-state index contributed by atoms with van der Waals surface area (Å²) in [6.45, 7) is 1.90. The highest BCUT2D eigenvalue weighted by Gasteiger charge is 2.57. The van der Waals surface area contributed by atoms with Gasteiger partial charge in [0.15, 0.2) is 10.8 Å². The average molecular weight is 609 g/mol. The number of carbonyl (C=O) groups excluding carboxylic acids is 1. The Morgan fingerprint density at radius 3 is 2.76 bits per heavy atom. The Hall–Kier alpha value is -2.70. The Labute approximate surface area is 230 Å². The van der Waals surface area contributed by atoms with Crippen LogP contribution in [0.2, 0.25) is 0 Å². The van der Waals surface area contributed by atoms with Crippen LogP contribution in [0, 0.1) is 5.92 Å². The maximum absolute atomic E-state index is 15.1. The number of piperidine rings is 1. The van der Waals surface area contributed by atoms with Gasteiger partial charge in [-0.15, -0.1) is 11.3 Å². The fraction of sp³-hybridized carbons (Fsp3) is 0.462. The van der Waals surface area contributed by atoms with Crippen molar-refractivity contribution in [3.8, 4) is 0 Å². The number of fused-ring (bicyclic) bond motifs is 2. The lowest BCUT2D eigenvalue weighted by Crippen LogP contribution is -2.50. The Bertz CT molecular complexity index is 1290. The van der Waals surface area contributed by atoms with Crippen molar-refractivity contribution in [2.24, 2.45) is 10.9 Å². The Kier molecular flexibility index (Phi) is 7.65. The van der Waals surface area contributed by atoms with E-state index in [1.165, 1.54) is 11.3 Å². The second-order valence-corrected chi connectivity index (χ2v) is 11.5. The molecular formula is C26H27BrF2N4O4S. The number of aromatic nitrogens is 1. The number of esters is 1. The molecule has 2 bridgehead atoms. The van der Waals surface area contributed by atoms with Crippen LogP contribution >= 0.6 is 27.3 Å². The van der Waals surface area contributed by atoms with E-state index in [9.17, 15) is 14.7 Å². The van der Waals surface area contributed by atoms with E-state index in [-0.39, 0.29) is 43.9 Å². The first kappa shape index (κ1) is 26.9. The fourth-order valence-electron chi connectivity index (χ4n) is 5.76. The summed E-state index contributed by atoms with van der Waals surface area (Å²) in [5, 5.41) is 14.9. The van der Waals surface area contributed by atoms with Gasteiger partial charge in [0.2, 0.25) is 0 Å².